The Kier molecular flexibility index (Phi) is 3.96. The van der Waals surface area contributed by atoms with Crippen LogP contribution < -0.4 is 5.73 Å². The molecule has 2 rings (SSSR count). The van der Waals surface area contributed by atoms with Crippen LogP contribution in [-0.2, 0) is 10.0 Å². The van der Waals surface area contributed by atoms with Crippen LogP contribution in [0.25, 0.3) is 0 Å². The SMILES string of the molecule is CCCC1(O)CN(S(=O)(=O)c2ccc(C(=O)O)cc2N)C1. The number of benzene rings is 1. The Morgan fingerprint density at radius 2 is 2.05 bits per heavy atom. The van der Waals surface area contributed by atoms with Crippen LogP contribution >= 0.6 is 0 Å². The first-order chi connectivity index (χ1) is 9.69. The fourth-order valence-corrected chi connectivity index (χ4v) is 4.15. The van der Waals surface area contributed by atoms with Gasteiger partial charge in [-0.3, -0.25) is 0 Å². The molecule has 0 spiro atoms. The van der Waals surface area contributed by atoms with Gasteiger partial charge in [-0.05, 0) is 24.6 Å². The van der Waals surface area contributed by atoms with Crippen molar-refractivity contribution < 1.29 is 23.4 Å². The summed E-state index contributed by atoms with van der Waals surface area (Å²) in [6.45, 7) is 1.98. The summed E-state index contributed by atoms with van der Waals surface area (Å²) in [5.41, 5.74) is 4.50. The average molecular weight is 314 g/mol. The number of sulfonamides is 1. The topological polar surface area (TPSA) is 121 Å². The minimum atomic E-state index is -3.81. The predicted octanol–water partition coefficient (Wildman–Crippen LogP) is 0.503. The number of nitrogens with two attached hydrogens (primary N) is 1. The molecule has 1 aliphatic heterocycles. The van der Waals surface area contributed by atoms with E-state index < -0.39 is 21.6 Å². The molecule has 1 aromatic rings. The predicted molar refractivity (Wildman–Crippen MR) is 76.4 cm³/mol. The lowest BCUT2D eigenvalue weighted by Gasteiger charge is -2.45. The fraction of sp³-hybridized carbons (Fsp3) is 0.462. The smallest absolute Gasteiger partial charge is 0.335 e. The minimum absolute atomic E-state index is 0.0310. The first-order valence-electron chi connectivity index (χ1n) is 6.55. The second kappa shape index (κ2) is 5.28. The van der Waals surface area contributed by atoms with Crippen LogP contribution in [0.2, 0.25) is 0 Å². The van der Waals surface area contributed by atoms with Crippen LogP contribution in [0.4, 0.5) is 5.69 Å². The van der Waals surface area contributed by atoms with E-state index in [1.807, 2.05) is 6.92 Å². The van der Waals surface area contributed by atoms with Gasteiger partial charge in [-0.15, -0.1) is 0 Å². The molecule has 0 radical (unpaired) electrons. The van der Waals surface area contributed by atoms with Gasteiger partial charge in [0.05, 0.1) is 16.9 Å². The Hall–Kier alpha value is -1.64. The Morgan fingerprint density at radius 1 is 1.43 bits per heavy atom. The number of aromatic carboxylic acids is 1. The van der Waals surface area contributed by atoms with Crippen molar-refractivity contribution in [2.45, 2.75) is 30.3 Å². The molecule has 21 heavy (non-hydrogen) atoms. The van der Waals surface area contributed by atoms with Crippen molar-refractivity contribution in [3.8, 4) is 0 Å². The second-order valence-electron chi connectivity index (χ2n) is 5.31. The third kappa shape index (κ3) is 2.87. The van der Waals surface area contributed by atoms with E-state index in [2.05, 4.69) is 0 Å². The molecule has 8 heteroatoms. The summed E-state index contributed by atoms with van der Waals surface area (Å²) >= 11 is 0. The molecule has 1 heterocycles. The molecule has 7 nitrogen and oxygen atoms in total. The molecule has 0 amide bonds. The molecule has 0 saturated carbocycles. The van der Waals surface area contributed by atoms with Crippen molar-refractivity contribution in [2.24, 2.45) is 0 Å². The van der Waals surface area contributed by atoms with E-state index in [0.717, 1.165) is 16.8 Å². The zero-order valence-electron chi connectivity index (χ0n) is 11.6. The van der Waals surface area contributed by atoms with Gasteiger partial charge in [0, 0.05) is 13.1 Å². The van der Waals surface area contributed by atoms with E-state index >= 15 is 0 Å². The highest BCUT2D eigenvalue weighted by Gasteiger charge is 2.46. The number of nitrogens with zero attached hydrogens (tertiary/aromatic N) is 1. The molecule has 0 aromatic heterocycles. The van der Waals surface area contributed by atoms with Gasteiger partial charge < -0.3 is 15.9 Å². The zero-order chi connectivity index (χ0) is 15.8. The number of carboxylic acids is 1. The van der Waals surface area contributed by atoms with Gasteiger partial charge in [-0.25, -0.2) is 13.2 Å². The maximum atomic E-state index is 12.4. The Morgan fingerprint density at radius 3 is 2.52 bits per heavy atom. The number of hydrogen-bond acceptors (Lipinski definition) is 5. The maximum absolute atomic E-state index is 12.4. The molecular formula is C13H18N2O5S. The van der Waals surface area contributed by atoms with Crippen LogP contribution in [0, 0.1) is 0 Å². The number of anilines is 1. The Bertz CT molecular complexity index is 665. The molecule has 0 aliphatic carbocycles. The number of β-amino-alcohol motifs (C(OH)–C–C–N with tert-alkyl or cyclic N) is 1. The molecule has 4 N–H and O–H groups in total. The van der Waals surface area contributed by atoms with E-state index in [4.69, 9.17) is 10.8 Å². The number of hydrogen-bond donors (Lipinski definition) is 3. The van der Waals surface area contributed by atoms with Crippen molar-refractivity contribution in [2.75, 3.05) is 18.8 Å². The largest absolute Gasteiger partial charge is 0.478 e. The quantitative estimate of drug-likeness (QED) is 0.681. The lowest BCUT2D eigenvalue weighted by Crippen LogP contribution is -2.63. The zero-order valence-corrected chi connectivity index (χ0v) is 12.4. The summed E-state index contributed by atoms with van der Waals surface area (Å²) in [5, 5.41) is 18.9. The highest BCUT2D eigenvalue weighted by molar-refractivity contribution is 7.89. The molecule has 0 bridgehead atoms. The van der Waals surface area contributed by atoms with E-state index in [1.165, 1.54) is 12.1 Å². The number of carboxylic acid groups (broad SMARTS) is 1. The van der Waals surface area contributed by atoms with Gasteiger partial charge in [-0.1, -0.05) is 13.3 Å². The molecular weight excluding hydrogens is 296 g/mol. The fourth-order valence-electron chi connectivity index (χ4n) is 2.46. The van der Waals surface area contributed by atoms with Crippen LogP contribution in [0.15, 0.2) is 23.1 Å². The lowest BCUT2D eigenvalue weighted by molar-refractivity contribution is -0.0653. The van der Waals surface area contributed by atoms with Crippen LogP contribution in [-0.4, -0.2) is 47.6 Å². The number of carbonyl (C=O) groups is 1. The molecule has 0 unspecified atom stereocenters. The first kappa shape index (κ1) is 15.7. The Balaban J connectivity index is 2.24. The molecule has 1 aliphatic rings. The number of nitrogen functional groups attached to an aromatic ring is 1. The van der Waals surface area contributed by atoms with Crippen LogP contribution in [0.3, 0.4) is 0 Å². The summed E-state index contributed by atoms with van der Waals surface area (Å²) in [6, 6.07) is 3.50. The van der Waals surface area contributed by atoms with Crippen molar-refractivity contribution >= 4 is 21.7 Å². The van der Waals surface area contributed by atoms with Gasteiger partial charge in [0.2, 0.25) is 10.0 Å². The van der Waals surface area contributed by atoms with Gasteiger partial charge >= 0.3 is 5.97 Å². The monoisotopic (exact) mass is 314 g/mol. The normalized spacial score (nSPS) is 18.2. The van der Waals surface area contributed by atoms with Crippen molar-refractivity contribution in [3.63, 3.8) is 0 Å². The highest BCUT2D eigenvalue weighted by Crippen LogP contribution is 2.33. The van der Waals surface area contributed by atoms with Crippen molar-refractivity contribution in [3.05, 3.63) is 23.8 Å². The lowest BCUT2D eigenvalue weighted by atomic mass is 9.92. The third-order valence-electron chi connectivity index (χ3n) is 3.53. The van der Waals surface area contributed by atoms with E-state index in [9.17, 15) is 18.3 Å². The number of rotatable bonds is 5. The van der Waals surface area contributed by atoms with Crippen molar-refractivity contribution in [1.82, 2.24) is 4.31 Å². The van der Waals surface area contributed by atoms with Crippen LogP contribution in [0.1, 0.15) is 30.1 Å². The second-order valence-corrected chi connectivity index (χ2v) is 7.21. The van der Waals surface area contributed by atoms with Crippen molar-refractivity contribution in [1.29, 1.82) is 0 Å². The molecule has 0 atom stereocenters. The van der Waals surface area contributed by atoms with Gasteiger partial charge in [0.25, 0.3) is 0 Å². The molecule has 1 fully saturated rings. The van der Waals surface area contributed by atoms with Gasteiger partial charge in [-0.2, -0.15) is 4.31 Å². The minimum Gasteiger partial charge on any atom is -0.478 e. The third-order valence-corrected chi connectivity index (χ3v) is 5.40. The highest BCUT2D eigenvalue weighted by atomic mass is 32.2. The van der Waals surface area contributed by atoms with Crippen LogP contribution in [0.5, 0.6) is 0 Å². The van der Waals surface area contributed by atoms with E-state index in [0.29, 0.717) is 6.42 Å². The standard InChI is InChI=1S/C13H18N2O5S/c1-2-5-13(18)7-15(8-13)21(19,20)11-4-3-9(12(16)17)6-10(11)14/h3-4,6,18H,2,5,7-8,14H2,1H3,(H,16,17). The summed E-state index contributed by atoms with van der Waals surface area (Å²) < 4.78 is 25.9. The van der Waals surface area contributed by atoms with E-state index in [1.54, 1.807) is 0 Å². The van der Waals surface area contributed by atoms with Gasteiger partial charge in [0.1, 0.15) is 4.90 Å². The van der Waals surface area contributed by atoms with E-state index in [-0.39, 0.29) is 29.2 Å². The molecule has 1 saturated heterocycles. The summed E-state index contributed by atoms with van der Waals surface area (Å²) in [4.78, 5) is 10.7. The summed E-state index contributed by atoms with van der Waals surface area (Å²) in [7, 11) is -3.81. The first-order valence-corrected chi connectivity index (χ1v) is 7.99. The molecule has 116 valence electrons. The maximum Gasteiger partial charge on any atom is 0.335 e. The molecule has 1 aromatic carbocycles. The Labute approximate surface area is 123 Å². The number of aliphatic hydroxyl groups is 1. The summed E-state index contributed by atoms with van der Waals surface area (Å²) in [6.07, 6.45) is 1.30. The summed E-state index contributed by atoms with van der Waals surface area (Å²) in [5.74, 6) is -1.17. The van der Waals surface area contributed by atoms with Gasteiger partial charge in [0.15, 0.2) is 0 Å². The average Bonchev–Trinajstić information content (AvgIpc) is 2.35.